The van der Waals surface area contributed by atoms with Gasteiger partial charge in [0, 0.05) is 12.6 Å². The van der Waals surface area contributed by atoms with Crippen LogP contribution in [0.1, 0.15) is 0 Å². The highest BCUT2D eigenvalue weighted by molar-refractivity contribution is 8.02. The zero-order valence-corrected chi connectivity index (χ0v) is 8.11. The molecule has 3 nitrogen and oxygen atoms in total. The molecule has 0 spiro atoms. The van der Waals surface area contributed by atoms with Crippen LogP contribution in [0.15, 0.2) is 28.0 Å². The van der Waals surface area contributed by atoms with Gasteiger partial charge in [0.2, 0.25) is 0 Å². The number of fused-ring (bicyclic) bond motifs is 1. The molecule has 64 valence electrons. The number of rotatable bonds is 1. The van der Waals surface area contributed by atoms with E-state index in [0.717, 1.165) is 17.4 Å². The molecule has 0 saturated heterocycles. The highest BCUT2D eigenvalue weighted by Gasteiger charge is 2.21. The first-order valence-corrected chi connectivity index (χ1v) is 5.15. The molecule has 0 aliphatic carbocycles. The molecule has 0 atom stereocenters. The molecule has 0 aromatic carbocycles. The van der Waals surface area contributed by atoms with E-state index < -0.39 is 0 Å². The summed E-state index contributed by atoms with van der Waals surface area (Å²) in [6, 6.07) is 0. The van der Waals surface area contributed by atoms with Crippen LogP contribution in [0.25, 0.3) is 0 Å². The Morgan fingerprint density at radius 2 is 2.58 bits per heavy atom. The standard InChI is InChI=1S/C7H8ClN3S/c1-12-7-4-5(8)10-6-2-3-9-11(6)7/h2,4,9H,3H2,1H3. The van der Waals surface area contributed by atoms with E-state index in [4.69, 9.17) is 11.6 Å². The van der Waals surface area contributed by atoms with Gasteiger partial charge >= 0.3 is 0 Å². The lowest BCUT2D eigenvalue weighted by Gasteiger charge is -2.24. The SMILES string of the molecule is CSC1=CC(Cl)=NC2=CCNN21. The van der Waals surface area contributed by atoms with E-state index >= 15 is 0 Å². The van der Waals surface area contributed by atoms with Crippen molar-refractivity contribution < 1.29 is 0 Å². The molecule has 0 bridgehead atoms. The number of aliphatic imine (C=N–C) groups is 1. The topological polar surface area (TPSA) is 27.6 Å². The molecule has 0 radical (unpaired) electrons. The maximum Gasteiger partial charge on any atom is 0.147 e. The summed E-state index contributed by atoms with van der Waals surface area (Å²) >= 11 is 7.47. The molecular weight excluding hydrogens is 194 g/mol. The van der Waals surface area contributed by atoms with Crippen molar-refractivity contribution in [2.24, 2.45) is 4.99 Å². The molecule has 0 fully saturated rings. The second-order valence-electron chi connectivity index (χ2n) is 2.38. The average Bonchev–Trinajstić information content (AvgIpc) is 2.50. The second kappa shape index (κ2) is 3.12. The van der Waals surface area contributed by atoms with Crippen molar-refractivity contribution in [3.05, 3.63) is 23.0 Å². The van der Waals surface area contributed by atoms with Crippen molar-refractivity contribution in [1.82, 2.24) is 10.4 Å². The molecule has 1 N–H and O–H groups in total. The van der Waals surface area contributed by atoms with Crippen LogP contribution in [0.3, 0.4) is 0 Å². The van der Waals surface area contributed by atoms with Crippen molar-refractivity contribution in [2.45, 2.75) is 0 Å². The molecule has 2 heterocycles. The van der Waals surface area contributed by atoms with Gasteiger partial charge in [-0.2, -0.15) is 0 Å². The maximum atomic E-state index is 5.82. The molecule has 2 aliphatic heterocycles. The number of halogens is 1. The van der Waals surface area contributed by atoms with Crippen molar-refractivity contribution >= 4 is 28.5 Å². The molecule has 0 saturated carbocycles. The smallest absolute Gasteiger partial charge is 0.147 e. The lowest BCUT2D eigenvalue weighted by Crippen LogP contribution is -2.31. The Morgan fingerprint density at radius 1 is 1.75 bits per heavy atom. The monoisotopic (exact) mass is 201 g/mol. The van der Waals surface area contributed by atoms with Gasteiger partial charge in [0.15, 0.2) is 0 Å². The van der Waals surface area contributed by atoms with E-state index in [1.165, 1.54) is 0 Å². The first-order valence-electron chi connectivity index (χ1n) is 3.55. The Bertz CT molecular complexity index is 295. The van der Waals surface area contributed by atoms with Crippen LogP contribution in [0.5, 0.6) is 0 Å². The third kappa shape index (κ3) is 1.26. The van der Waals surface area contributed by atoms with E-state index in [2.05, 4.69) is 10.4 Å². The minimum Gasteiger partial charge on any atom is -0.253 e. The number of nitrogens with one attached hydrogen (secondary N) is 1. The van der Waals surface area contributed by atoms with E-state index in [1.54, 1.807) is 11.8 Å². The first-order chi connectivity index (χ1) is 5.81. The summed E-state index contributed by atoms with van der Waals surface area (Å²) in [6.45, 7) is 0.820. The molecule has 0 unspecified atom stereocenters. The van der Waals surface area contributed by atoms with Gasteiger partial charge in [0.05, 0.1) is 5.03 Å². The Balaban J connectivity index is 2.35. The minimum atomic E-state index is 0.547. The molecule has 5 heteroatoms. The van der Waals surface area contributed by atoms with E-state index in [9.17, 15) is 0 Å². The van der Waals surface area contributed by atoms with Crippen molar-refractivity contribution in [1.29, 1.82) is 0 Å². The highest BCUT2D eigenvalue weighted by atomic mass is 35.5. The van der Waals surface area contributed by atoms with Crippen LogP contribution in [-0.4, -0.2) is 23.0 Å². The fourth-order valence-corrected chi connectivity index (χ4v) is 1.97. The van der Waals surface area contributed by atoms with Crippen LogP contribution in [-0.2, 0) is 0 Å². The Kier molecular flexibility index (Phi) is 2.12. The van der Waals surface area contributed by atoms with Gasteiger partial charge in [-0.25, -0.2) is 10.4 Å². The number of hydrazine groups is 1. The van der Waals surface area contributed by atoms with Crippen LogP contribution >= 0.6 is 23.4 Å². The molecule has 0 amide bonds. The molecule has 12 heavy (non-hydrogen) atoms. The van der Waals surface area contributed by atoms with E-state index in [1.807, 2.05) is 23.4 Å². The maximum absolute atomic E-state index is 5.82. The number of hydrogen-bond acceptors (Lipinski definition) is 4. The largest absolute Gasteiger partial charge is 0.253 e. The fraction of sp³-hybridized carbons (Fsp3) is 0.286. The highest BCUT2D eigenvalue weighted by Crippen LogP contribution is 2.27. The number of nitrogens with zero attached hydrogens (tertiary/aromatic N) is 2. The van der Waals surface area contributed by atoms with Crippen molar-refractivity contribution in [3.8, 4) is 0 Å². The van der Waals surface area contributed by atoms with Gasteiger partial charge in [-0.05, 0) is 12.3 Å². The normalized spacial score (nSPS) is 21.5. The predicted molar refractivity (Wildman–Crippen MR) is 52.8 cm³/mol. The molecule has 2 aliphatic rings. The summed E-state index contributed by atoms with van der Waals surface area (Å²) in [5.74, 6) is 0.895. The summed E-state index contributed by atoms with van der Waals surface area (Å²) in [5, 5.41) is 3.57. The third-order valence-electron chi connectivity index (χ3n) is 1.66. The third-order valence-corrected chi connectivity index (χ3v) is 2.57. The van der Waals surface area contributed by atoms with Crippen LogP contribution in [0, 0.1) is 0 Å². The van der Waals surface area contributed by atoms with E-state index in [0.29, 0.717) is 5.17 Å². The van der Waals surface area contributed by atoms with Gasteiger partial charge in [-0.15, -0.1) is 11.8 Å². The van der Waals surface area contributed by atoms with Gasteiger partial charge < -0.3 is 0 Å². The van der Waals surface area contributed by atoms with Crippen LogP contribution in [0.2, 0.25) is 0 Å². The average molecular weight is 202 g/mol. The summed E-state index contributed by atoms with van der Waals surface area (Å²) in [7, 11) is 0. The quantitative estimate of drug-likeness (QED) is 0.697. The van der Waals surface area contributed by atoms with Crippen LogP contribution in [0.4, 0.5) is 0 Å². The molecule has 0 aromatic heterocycles. The minimum absolute atomic E-state index is 0.547. The molecule has 0 aromatic rings. The summed E-state index contributed by atoms with van der Waals surface area (Å²) in [6.07, 6.45) is 5.87. The Morgan fingerprint density at radius 3 is 3.33 bits per heavy atom. The molecular formula is C7H8ClN3S. The summed E-state index contributed by atoms with van der Waals surface area (Å²) in [5.41, 5.74) is 3.17. The first kappa shape index (κ1) is 8.16. The van der Waals surface area contributed by atoms with Gasteiger partial charge in [-0.3, -0.25) is 5.01 Å². The van der Waals surface area contributed by atoms with E-state index in [-0.39, 0.29) is 0 Å². The summed E-state index contributed by atoms with van der Waals surface area (Å²) < 4.78 is 0. The Hall–Kier alpha value is -0.450. The number of allylic oxidation sites excluding steroid dienone is 1. The lowest BCUT2D eigenvalue weighted by molar-refractivity contribution is 0.374. The second-order valence-corrected chi connectivity index (χ2v) is 3.59. The Labute approximate surface area is 80.1 Å². The summed E-state index contributed by atoms with van der Waals surface area (Å²) in [4.78, 5) is 4.16. The molecule has 2 rings (SSSR count). The van der Waals surface area contributed by atoms with Crippen molar-refractivity contribution in [3.63, 3.8) is 0 Å². The van der Waals surface area contributed by atoms with Gasteiger partial charge in [-0.1, -0.05) is 11.6 Å². The van der Waals surface area contributed by atoms with Gasteiger partial charge in [0.1, 0.15) is 11.0 Å². The van der Waals surface area contributed by atoms with Gasteiger partial charge in [0.25, 0.3) is 0 Å². The fourth-order valence-electron chi connectivity index (χ4n) is 1.15. The lowest BCUT2D eigenvalue weighted by atomic mass is 10.5. The predicted octanol–water partition coefficient (Wildman–Crippen LogP) is 1.50. The number of hydrogen-bond donors (Lipinski definition) is 1. The zero-order chi connectivity index (χ0) is 8.55. The number of thioether (sulfide) groups is 1. The van der Waals surface area contributed by atoms with Crippen molar-refractivity contribution in [2.75, 3.05) is 12.8 Å². The van der Waals surface area contributed by atoms with Crippen LogP contribution < -0.4 is 5.43 Å². The zero-order valence-electron chi connectivity index (χ0n) is 6.54.